The van der Waals surface area contributed by atoms with E-state index in [4.69, 9.17) is 0 Å². The van der Waals surface area contributed by atoms with E-state index >= 15 is 0 Å². The number of benzene rings is 2. The fourth-order valence-corrected chi connectivity index (χ4v) is 2.25. The summed E-state index contributed by atoms with van der Waals surface area (Å²) in [5.74, 6) is -0.921. The van der Waals surface area contributed by atoms with E-state index in [1.165, 1.54) is 0 Å². The van der Waals surface area contributed by atoms with Crippen LogP contribution in [-0.4, -0.2) is 20.9 Å². The zero-order valence-electron chi connectivity index (χ0n) is 10.4. The molecule has 0 bridgehead atoms. The summed E-state index contributed by atoms with van der Waals surface area (Å²) >= 11 is 0. The maximum absolute atomic E-state index is 11.2. The lowest BCUT2D eigenvalue weighted by Crippen LogP contribution is -2.05. The molecule has 3 aromatic rings. The number of carboxylic acids is 1. The number of hydrogen-bond acceptors (Lipinski definition) is 2. The third-order valence-electron chi connectivity index (χ3n) is 3.24. The predicted octanol–water partition coefficient (Wildman–Crippen LogP) is 3.03. The van der Waals surface area contributed by atoms with Gasteiger partial charge in [-0.1, -0.05) is 24.3 Å². The average molecular weight is 252 g/mol. The van der Waals surface area contributed by atoms with Gasteiger partial charge in [-0.2, -0.15) is 5.10 Å². The molecule has 0 atom stereocenters. The summed E-state index contributed by atoms with van der Waals surface area (Å²) in [6.07, 6.45) is 1.78. The van der Waals surface area contributed by atoms with Gasteiger partial charge in [-0.25, -0.2) is 9.48 Å². The van der Waals surface area contributed by atoms with E-state index in [9.17, 15) is 9.90 Å². The first-order valence-electron chi connectivity index (χ1n) is 5.94. The molecule has 1 heterocycles. The van der Waals surface area contributed by atoms with Crippen LogP contribution in [0.15, 0.2) is 48.7 Å². The molecule has 0 unspecified atom stereocenters. The molecular formula is C15H12N2O2. The normalized spacial score (nSPS) is 10.8. The monoisotopic (exact) mass is 252 g/mol. The molecule has 0 radical (unpaired) electrons. The maximum atomic E-state index is 11.2. The second-order valence-electron chi connectivity index (χ2n) is 4.37. The third kappa shape index (κ3) is 1.78. The predicted molar refractivity (Wildman–Crippen MR) is 72.8 cm³/mol. The number of hydrogen-bond donors (Lipinski definition) is 1. The van der Waals surface area contributed by atoms with Gasteiger partial charge >= 0.3 is 5.97 Å². The Bertz CT molecular complexity index is 775. The summed E-state index contributed by atoms with van der Waals surface area (Å²) in [5, 5.41) is 14.6. The minimum Gasteiger partial charge on any atom is -0.478 e. The van der Waals surface area contributed by atoms with Crippen molar-refractivity contribution < 1.29 is 9.90 Å². The minimum absolute atomic E-state index is 0.303. The summed E-state index contributed by atoms with van der Waals surface area (Å²) in [4.78, 5) is 11.2. The van der Waals surface area contributed by atoms with Crippen LogP contribution in [0, 0.1) is 6.92 Å². The van der Waals surface area contributed by atoms with E-state index in [0.29, 0.717) is 11.1 Å². The van der Waals surface area contributed by atoms with Crippen LogP contribution in [0.5, 0.6) is 0 Å². The molecule has 4 heteroatoms. The van der Waals surface area contributed by atoms with Gasteiger partial charge in [-0.15, -0.1) is 0 Å². The third-order valence-corrected chi connectivity index (χ3v) is 3.24. The number of para-hydroxylation sites is 1. The zero-order valence-corrected chi connectivity index (χ0v) is 10.4. The Morgan fingerprint density at radius 2 is 1.95 bits per heavy atom. The average Bonchev–Trinajstić information content (AvgIpc) is 2.82. The van der Waals surface area contributed by atoms with Crippen molar-refractivity contribution in [1.82, 2.24) is 9.78 Å². The van der Waals surface area contributed by atoms with Crippen molar-refractivity contribution >= 4 is 16.9 Å². The summed E-state index contributed by atoms with van der Waals surface area (Å²) in [7, 11) is 0. The van der Waals surface area contributed by atoms with Crippen molar-refractivity contribution in [3.05, 3.63) is 59.8 Å². The summed E-state index contributed by atoms with van der Waals surface area (Å²) in [6.45, 7) is 1.80. The molecule has 0 amide bonds. The van der Waals surface area contributed by atoms with Crippen LogP contribution in [0.2, 0.25) is 0 Å². The van der Waals surface area contributed by atoms with Gasteiger partial charge in [0.15, 0.2) is 0 Å². The molecule has 0 aliphatic heterocycles. The molecular weight excluding hydrogens is 240 g/mol. The molecule has 2 aromatic carbocycles. The van der Waals surface area contributed by atoms with E-state index in [2.05, 4.69) is 5.10 Å². The first-order valence-corrected chi connectivity index (χ1v) is 5.94. The van der Waals surface area contributed by atoms with Gasteiger partial charge in [0.2, 0.25) is 0 Å². The van der Waals surface area contributed by atoms with Crippen LogP contribution in [0.25, 0.3) is 16.6 Å². The highest BCUT2D eigenvalue weighted by molar-refractivity contribution is 5.91. The topological polar surface area (TPSA) is 55.1 Å². The van der Waals surface area contributed by atoms with Gasteiger partial charge < -0.3 is 5.11 Å². The van der Waals surface area contributed by atoms with Crippen LogP contribution >= 0.6 is 0 Å². The highest BCUT2D eigenvalue weighted by atomic mass is 16.4. The standard InChI is InChI=1S/C15H12N2O2/c1-10-12(15(18)19)6-4-8-13(10)17-14-7-3-2-5-11(14)9-16-17/h2-9H,1H3,(H,18,19). The number of rotatable bonds is 2. The minimum atomic E-state index is -0.921. The fourth-order valence-electron chi connectivity index (χ4n) is 2.25. The van der Waals surface area contributed by atoms with Gasteiger partial charge in [-0.05, 0) is 30.7 Å². The Kier molecular flexibility index (Phi) is 2.56. The van der Waals surface area contributed by atoms with Crippen molar-refractivity contribution in [2.75, 3.05) is 0 Å². The van der Waals surface area contributed by atoms with Gasteiger partial charge in [0, 0.05) is 5.39 Å². The molecule has 94 valence electrons. The molecule has 1 N–H and O–H groups in total. The highest BCUT2D eigenvalue weighted by Gasteiger charge is 2.13. The lowest BCUT2D eigenvalue weighted by Gasteiger charge is -2.09. The smallest absolute Gasteiger partial charge is 0.336 e. The first kappa shape index (κ1) is 11.5. The van der Waals surface area contributed by atoms with Gasteiger partial charge in [0.25, 0.3) is 0 Å². The lowest BCUT2D eigenvalue weighted by atomic mass is 10.1. The van der Waals surface area contributed by atoms with E-state index in [1.807, 2.05) is 30.3 Å². The zero-order chi connectivity index (χ0) is 13.4. The Hall–Kier alpha value is -2.62. The number of aromatic carboxylic acids is 1. The summed E-state index contributed by atoms with van der Waals surface area (Å²) in [6, 6.07) is 13.1. The fraction of sp³-hybridized carbons (Fsp3) is 0.0667. The largest absolute Gasteiger partial charge is 0.478 e. The molecule has 19 heavy (non-hydrogen) atoms. The molecule has 4 nitrogen and oxygen atoms in total. The van der Waals surface area contributed by atoms with Crippen molar-refractivity contribution in [2.45, 2.75) is 6.92 Å². The Labute approximate surface area is 109 Å². The molecule has 0 saturated heterocycles. The van der Waals surface area contributed by atoms with Crippen LogP contribution < -0.4 is 0 Å². The van der Waals surface area contributed by atoms with Crippen LogP contribution in [0.1, 0.15) is 15.9 Å². The highest BCUT2D eigenvalue weighted by Crippen LogP contribution is 2.22. The number of carbonyl (C=O) groups is 1. The molecule has 1 aromatic heterocycles. The van der Waals surface area contributed by atoms with Gasteiger partial charge in [0.1, 0.15) is 0 Å². The molecule has 0 saturated carbocycles. The van der Waals surface area contributed by atoms with Crippen LogP contribution in [0.4, 0.5) is 0 Å². The molecule has 0 spiro atoms. The lowest BCUT2D eigenvalue weighted by molar-refractivity contribution is 0.0696. The SMILES string of the molecule is Cc1c(C(=O)O)cccc1-n1ncc2ccccc21. The van der Waals surface area contributed by atoms with Gasteiger partial charge in [-0.3, -0.25) is 0 Å². The molecule has 3 rings (SSSR count). The summed E-state index contributed by atoms with van der Waals surface area (Å²) in [5.41, 5.74) is 2.77. The van der Waals surface area contributed by atoms with E-state index in [1.54, 1.807) is 29.9 Å². The van der Waals surface area contributed by atoms with Crippen LogP contribution in [0.3, 0.4) is 0 Å². The number of fused-ring (bicyclic) bond motifs is 1. The number of nitrogens with zero attached hydrogens (tertiary/aromatic N) is 2. The van der Waals surface area contributed by atoms with Crippen LogP contribution in [-0.2, 0) is 0 Å². The maximum Gasteiger partial charge on any atom is 0.336 e. The van der Waals surface area contributed by atoms with Crippen molar-refractivity contribution in [3.63, 3.8) is 0 Å². The van der Waals surface area contributed by atoms with E-state index in [-0.39, 0.29) is 0 Å². The number of carboxylic acid groups (broad SMARTS) is 1. The van der Waals surface area contributed by atoms with Crippen molar-refractivity contribution in [2.24, 2.45) is 0 Å². The molecule has 0 fully saturated rings. The van der Waals surface area contributed by atoms with Crippen molar-refractivity contribution in [1.29, 1.82) is 0 Å². The second-order valence-corrected chi connectivity index (χ2v) is 4.37. The second kappa shape index (κ2) is 4.24. The first-order chi connectivity index (χ1) is 9.18. The number of aromatic nitrogens is 2. The Morgan fingerprint density at radius 3 is 2.74 bits per heavy atom. The van der Waals surface area contributed by atoms with E-state index in [0.717, 1.165) is 16.6 Å². The Morgan fingerprint density at radius 1 is 1.16 bits per heavy atom. The summed E-state index contributed by atoms with van der Waals surface area (Å²) < 4.78 is 1.77. The Balaban J connectivity index is 2.28. The van der Waals surface area contributed by atoms with E-state index < -0.39 is 5.97 Å². The molecule has 0 aliphatic carbocycles. The van der Waals surface area contributed by atoms with Gasteiger partial charge in [0.05, 0.1) is 23.0 Å². The quantitative estimate of drug-likeness (QED) is 0.762. The molecule has 0 aliphatic rings. The van der Waals surface area contributed by atoms with Crippen molar-refractivity contribution in [3.8, 4) is 5.69 Å².